The zero-order chi connectivity index (χ0) is 24.8. The number of carbonyl (C=O) groups excluding carboxylic acids is 2. The van der Waals surface area contributed by atoms with Gasteiger partial charge in [0.05, 0.1) is 24.9 Å². The topological polar surface area (TPSA) is 95.0 Å². The van der Waals surface area contributed by atoms with E-state index in [-0.39, 0.29) is 36.5 Å². The molecule has 2 N–H and O–H groups in total. The van der Waals surface area contributed by atoms with Gasteiger partial charge in [-0.25, -0.2) is 14.2 Å². The number of fused-ring (bicyclic) bond motifs is 1. The van der Waals surface area contributed by atoms with Crippen LogP contribution in [0.3, 0.4) is 0 Å². The largest absolute Gasteiger partial charge is 0.472 e. The molecule has 1 aliphatic heterocycles. The van der Waals surface area contributed by atoms with Crippen LogP contribution in [0.2, 0.25) is 0 Å². The van der Waals surface area contributed by atoms with Crippen LogP contribution in [0.4, 0.5) is 14.9 Å². The number of aliphatic hydroxyl groups excluding tert-OH is 1. The van der Waals surface area contributed by atoms with Crippen molar-refractivity contribution in [2.45, 2.75) is 32.9 Å². The molecule has 2 heterocycles. The van der Waals surface area contributed by atoms with Crippen molar-refractivity contribution in [1.82, 2.24) is 14.8 Å². The quantitative estimate of drug-likeness (QED) is 0.672. The lowest BCUT2D eigenvalue weighted by Gasteiger charge is -2.37. The Hall–Kier alpha value is -3.46. The zero-order valence-electron chi connectivity index (χ0n) is 19.9. The maximum Gasteiger partial charge on any atom is 0.321 e. The Morgan fingerprint density at radius 2 is 2.18 bits per heavy atom. The van der Waals surface area contributed by atoms with E-state index in [2.05, 4.69) is 10.3 Å². The number of hydrogen-bond acceptors (Lipinski definition) is 5. The van der Waals surface area contributed by atoms with Crippen molar-refractivity contribution in [2.75, 3.05) is 32.1 Å². The van der Waals surface area contributed by atoms with Gasteiger partial charge in [-0.1, -0.05) is 31.2 Å². The average molecular weight is 471 g/mol. The summed E-state index contributed by atoms with van der Waals surface area (Å²) in [5.74, 6) is -0.812. The van der Waals surface area contributed by atoms with Crippen LogP contribution in [-0.2, 0) is 0 Å². The lowest BCUT2D eigenvalue weighted by molar-refractivity contribution is 0.0356. The number of ether oxygens (including phenoxy) is 1. The molecule has 0 unspecified atom stereocenters. The van der Waals surface area contributed by atoms with E-state index in [4.69, 9.17) is 4.74 Å². The number of allylic oxidation sites excluding steroid dienone is 1. The van der Waals surface area contributed by atoms with E-state index >= 15 is 0 Å². The Morgan fingerprint density at radius 3 is 2.85 bits per heavy atom. The maximum atomic E-state index is 13.9. The molecule has 0 aliphatic carbocycles. The normalized spacial score (nSPS) is 19.1. The van der Waals surface area contributed by atoms with Crippen LogP contribution in [0.15, 0.2) is 42.6 Å². The molecule has 0 saturated heterocycles. The number of nitrogens with one attached hydrogen (secondary N) is 1. The molecule has 0 spiro atoms. The van der Waals surface area contributed by atoms with E-state index in [1.165, 1.54) is 17.0 Å². The number of pyridine rings is 1. The number of para-hydroxylation sites is 1. The second-order valence-electron chi connectivity index (χ2n) is 8.53. The first kappa shape index (κ1) is 25.2. The molecule has 0 saturated carbocycles. The fourth-order valence-electron chi connectivity index (χ4n) is 3.75. The SMILES string of the molecule is C/C=C/c1cnc2c(c1)C(=O)N([C@@H](C)CO)C[C@H](C)[C@H](CN(C)C(=O)Nc1ccccc1F)O2. The van der Waals surface area contributed by atoms with E-state index in [0.717, 1.165) is 5.56 Å². The van der Waals surface area contributed by atoms with E-state index in [1.807, 2.05) is 26.0 Å². The first-order valence-corrected chi connectivity index (χ1v) is 11.2. The second-order valence-corrected chi connectivity index (χ2v) is 8.53. The van der Waals surface area contributed by atoms with Crippen LogP contribution in [0.25, 0.3) is 6.08 Å². The molecule has 0 radical (unpaired) electrons. The van der Waals surface area contributed by atoms with Crippen LogP contribution in [0.1, 0.15) is 36.7 Å². The number of aromatic nitrogens is 1. The number of halogens is 1. The van der Waals surface area contributed by atoms with Gasteiger partial charge in [-0.3, -0.25) is 4.79 Å². The molecule has 1 aromatic carbocycles. The first-order chi connectivity index (χ1) is 16.2. The standard InChI is InChI=1S/C25H31FN4O4/c1-5-8-18-11-19-23(27-12-18)34-22(16(2)13-30(24(19)32)17(3)15-31)14-29(4)25(33)28-21-10-7-6-9-20(21)26/h5-12,16-17,22,31H,13-15H2,1-4H3,(H,28,33)/b8-5+/t16-,17-,22-/m0/s1. The van der Waals surface area contributed by atoms with Gasteiger partial charge < -0.3 is 25.0 Å². The monoisotopic (exact) mass is 470 g/mol. The molecule has 1 aromatic heterocycles. The van der Waals surface area contributed by atoms with Crippen molar-refractivity contribution in [3.8, 4) is 5.88 Å². The summed E-state index contributed by atoms with van der Waals surface area (Å²) < 4.78 is 20.1. The number of rotatable bonds is 6. The molecule has 34 heavy (non-hydrogen) atoms. The molecule has 0 fully saturated rings. The van der Waals surface area contributed by atoms with Gasteiger partial charge in [0.1, 0.15) is 17.5 Å². The lowest BCUT2D eigenvalue weighted by atomic mass is 10.00. The van der Waals surface area contributed by atoms with Crippen molar-refractivity contribution in [1.29, 1.82) is 0 Å². The number of aliphatic hydroxyl groups is 1. The fraction of sp³-hybridized carbons (Fsp3) is 0.400. The Balaban J connectivity index is 1.87. The predicted octanol–water partition coefficient (Wildman–Crippen LogP) is 3.64. The first-order valence-electron chi connectivity index (χ1n) is 11.2. The lowest BCUT2D eigenvalue weighted by Crippen LogP contribution is -2.50. The number of carbonyl (C=O) groups is 2. The summed E-state index contributed by atoms with van der Waals surface area (Å²) in [6.45, 7) is 5.87. The van der Waals surface area contributed by atoms with Crippen LogP contribution in [-0.4, -0.2) is 70.7 Å². The van der Waals surface area contributed by atoms with Crippen LogP contribution in [0, 0.1) is 11.7 Å². The number of nitrogens with zero attached hydrogens (tertiary/aromatic N) is 3. The highest BCUT2D eigenvalue weighted by Crippen LogP contribution is 2.28. The number of hydrogen-bond donors (Lipinski definition) is 2. The van der Waals surface area contributed by atoms with Gasteiger partial charge in [-0.2, -0.15) is 0 Å². The van der Waals surface area contributed by atoms with Crippen molar-refractivity contribution >= 4 is 23.7 Å². The molecule has 8 nitrogen and oxygen atoms in total. The van der Waals surface area contributed by atoms with Crippen LogP contribution >= 0.6 is 0 Å². The van der Waals surface area contributed by atoms with Gasteiger partial charge >= 0.3 is 6.03 Å². The highest BCUT2D eigenvalue weighted by Gasteiger charge is 2.34. The summed E-state index contributed by atoms with van der Waals surface area (Å²) in [4.78, 5) is 33.4. The van der Waals surface area contributed by atoms with Crippen molar-refractivity contribution in [3.63, 3.8) is 0 Å². The number of likely N-dealkylation sites (N-methyl/N-ethyl adjacent to an activating group) is 1. The highest BCUT2D eigenvalue weighted by molar-refractivity contribution is 5.97. The van der Waals surface area contributed by atoms with Gasteiger partial charge in [0.2, 0.25) is 5.88 Å². The van der Waals surface area contributed by atoms with Gasteiger partial charge in [0.25, 0.3) is 5.91 Å². The minimum Gasteiger partial charge on any atom is -0.472 e. The van der Waals surface area contributed by atoms with Crippen LogP contribution < -0.4 is 10.1 Å². The fourth-order valence-corrected chi connectivity index (χ4v) is 3.75. The third-order valence-electron chi connectivity index (χ3n) is 5.82. The van der Waals surface area contributed by atoms with Gasteiger partial charge in [-0.05, 0) is 37.6 Å². The Kier molecular flexibility index (Phi) is 8.22. The summed E-state index contributed by atoms with van der Waals surface area (Å²) in [5.41, 5.74) is 1.13. The molecule has 1 aliphatic rings. The number of amides is 3. The summed E-state index contributed by atoms with van der Waals surface area (Å²) in [6, 6.07) is 6.75. The molecule has 0 bridgehead atoms. The smallest absolute Gasteiger partial charge is 0.321 e. The Bertz CT molecular complexity index is 1060. The summed E-state index contributed by atoms with van der Waals surface area (Å²) >= 11 is 0. The third-order valence-corrected chi connectivity index (χ3v) is 5.82. The molecule has 2 aromatic rings. The van der Waals surface area contributed by atoms with Crippen molar-refractivity contribution in [2.24, 2.45) is 5.92 Å². The number of urea groups is 1. The van der Waals surface area contributed by atoms with Gasteiger partial charge in [-0.15, -0.1) is 0 Å². The molecule has 3 rings (SSSR count). The van der Waals surface area contributed by atoms with Crippen molar-refractivity contribution < 1.29 is 23.8 Å². The summed E-state index contributed by atoms with van der Waals surface area (Å²) in [7, 11) is 1.59. The number of anilines is 1. The van der Waals surface area contributed by atoms with E-state index in [1.54, 1.807) is 43.3 Å². The molecule has 3 atom stereocenters. The molecular weight excluding hydrogens is 439 g/mol. The van der Waals surface area contributed by atoms with Gasteiger partial charge in [0, 0.05) is 25.7 Å². The zero-order valence-corrected chi connectivity index (χ0v) is 19.9. The Morgan fingerprint density at radius 1 is 1.44 bits per heavy atom. The van der Waals surface area contributed by atoms with E-state index in [9.17, 15) is 19.1 Å². The number of benzene rings is 1. The maximum absolute atomic E-state index is 13.9. The van der Waals surface area contributed by atoms with Crippen LogP contribution in [0.5, 0.6) is 5.88 Å². The third kappa shape index (κ3) is 5.72. The minimum absolute atomic E-state index is 0.0862. The highest BCUT2D eigenvalue weighted by atomic mass is 19.1. The second kappa shape index (κ2) is 11.1. The van der Waals surface area contributed by atoms with E-state index < -0.39 is 24.0 Å². The molecular formula is C25H31FN4O4. The molecule has 3 amide bonds. The summed E-state index contributed by atoms with van der Waals surface area (Å²) in [6.07, 6.45) is 4.79. The molecule has 182 valence electrons. The average Bonchev–Trinajstić information content (AvgIpc) is 2.82. The summed E-state index contributed by atoms with van der Waals surface area (Å²) in [5, 5.41) is 12.3. The van der Waals surface area contributed by atoms with Gasteiger partial charge in [0.15, 0.2) is 0 Å². The molecule has 9 heteroatoms. The predicted molar refractivity (Wildman–Crippen MR) is 128 cm³/mol. The minimum atomic E-state index is -0.526. The van der Waals surface area contributed by atoms with Crippen molar-refractivity contribution in [3.05, 3.63) is 59.5 Å². The van der Waals surface area contributed by atoms with E-state index in [0.29, 0.717) is 12.1 Å². The Labute approximate surface area is 199 Å².